The maximum atomic E-state index is 12.7. The zero-order valence-corrected chi connectivity index (χ0v) is 13.2. The van der Waals surface area contributed by atoms with Crippen molar-refractivity contribution in [1.82, 2.24) is 4.90 Å². The number of carboxylic acids is 1. The first-order chi connectivity index (χ1) is 10.5. The minimum absolute atomic E-state index is 0.140. The zero-order valence-electron chi connectivity index (χ0n) is 11.7. The van der Waals surface area contributed by atoms with E-state index < -0.39 is 5.97 Å². The van der Waals surface area contributed by atoms with Crippen molar-refractivity contribution in [1.29, 1.82) is 0 Å². The number of carboxylic acid groups (broad SMARTS) is 1. The Morgan fingerprint density at radius 1 is 1.27 bits per heavy atom. The molecule has 2 aromatic rings. The fourth-order valence-corrected chi connectivity index (χ4v) is 3.58. The molecule has 22 heavy (non-hydrogen) atoms. The van der Waals surface area contributed by atoms with E-state index in [0.717, 1.165) is 4.88 Å². The van der Waals surface area contributed by atoms with Crippen molar-refractivity contribution in [2.75, 3.05) is 7.05 Å². The second-order valence-electron chi connectivity index (χ2n) is 5.05. The average Bonchev–Trinajstić information content (AvgIpc) is 2.90. The summed E-state index contributed by atoms with van der Waals surface area (Å²) in [4.78, 5) is 26.9. The number of Topliss-reactive ketones (excluding diaryl/α,β-unsaturated/α-hetero) is 1. The molecule has 1 aromatic heterocycles. The number of aromatic carboxylic acids is 1. The molecule has 0 aliphatic carbocycles. The minimum atomic E-state index is -0.972. The molecule has 112 valence electrons. The average molecular weight is 334 g/mol. The molecule has 0 saturated carbocycles. The van der Waals surface area contributed by atoms with Crippen molar-refractivity contribution in [2.24, 2.45) is 0 Å². The van der Waals surface area contributed by atoms with Gasteiger partial charge in [0.05, 0.1) is 6.54 Å². The lowest BCUT2D eigenvalue weighted by Crippen LogP contribution is -2.18. The molecule has 0 unspecified atom stereocenters. The van der Waals surface area contributed by atoms with Crippen LogP contribution in [0.5, 0.6) is 0 Å². The molecule has 0 radical (unpaired) electrons. The van der Waals surface area contributed by atoms with Crippen molar-refractivity contribution >= 4 is 40.3 Å². The van der Waals surface area contributed by atoms with Gasteiger partial charge in [0.25, 0.3) is 0 Å². The highest BCUT2D eigenvalue weighted by Gasteiger charge is 2.25. The van der Waals surface area contributed by atoms with E-state index in [1.807, 2.05) is 11.9 Å². The number of rotatable bonds is 3. The van der Waals surface area contributed by atoms with E-state index >= 15 is 0 Å². The van der Waals surface area contributed by atoms with Gasteiger partial charge in [0.2, 0.25) is 0 Å². The van der Waals surface area contributed by atoms with Gasteiger partial charge in [-0.2, -0.15) is 0 Å². The molecule has 0 spiro atoms. The monoisotopic (exact) mass is 333 g/mol. The van der Waals surface area contributed by atoms with Gasteiger partial charge in [0, 0.05) is 39.8 Å². The van der Waals surface area contributed by atoms with Crippen molar-refractivity contribution < 1.29 is 14.7 Å². The lowest BCUT2D eigenvalue weighted by Gasteiger charge is -2.22. The molecule has 1 aromatic carbocycles. The summed E-state index contributed by atoms with van der Waals surface area (Å²) in [6.07, 6.45) is 1.76. The van der Waals surface area contributed by atoms with E-state index in [-0.39, 0.29) is 10.7 Å². The fraction of sp³-hybridized carbons (Fsp3) is 0.125. The van der Waals surface area contributed by atoms with Crippen LogP contribution in [-0.2, 0) is 6.54 Å². The highest BCUT2D eigenvalue weighted by Crippen LogP contribution is 2.35. The Morgan fingerprint density at radius 2 is 1.95 bits per heavy atom. The first-order valence-electron chi connectivity index (χ1n) is 6.54. The van der Waals surface area contributed by atoms with Gasteiger partial charge < -0.3 is 10.0 Å². The van der Waals surface area contributed by atoms with Crippen molar-refractivity contribution in [3.8, 4) is 0 Å². The molecule has 3 rings (SSSR count). The Balaban J connectivity index is 2.04. The number of carbonyl (C=O) groups excluding carboxylic acids is 1. The van der Waals surface area contributed by atoms with Gasteiger partial charge in [-0.05, 0) is 30.3 Å². The molecule has 1 aliphatic rings. The number of ketones is 1. The molecule has 0 bridgehead atoms. The third-order valence-corrected chi connectivity index (χ3v) is 4.76. The summed E-state index contributed by atoms with van der Waals surface area (Å²) >= 11 is 7.06. The topological polar surface area (TPSA) is 57.6 Å². The molecule has 0 saturated heterocycles. The maximum Gasteiger partial charge on any atom is 0.345 e. The van der Waals surface area contributed by atoms with E-state index in [4.69, 9.17) is 16.7 Å². The number of nitrogens with zero attached hydrogens (tertiary/aromatic N) is 1. The maximum absolute atomic E-state index is 12.7. The summed E-state index contributed by atoms with van der Waals surface area (Å²) in [5, 5.41) is 9.72. The lowest BCUT2D eigenvalue weighted by atomic mass is 9.95. The van der Waals surface area contributed by atoms with Gasteiger partial charge in [-0.25, -0.2) is 4.79 Å². The van der Waals surface area contributed by atoms with Crippen LogP contribution in [0.25, 0.3) is 5.57 Å². The van der Waals surface area contributed by atoms with Crippen LogP contribution in [0.3, 0.4) is 0 Å². The van der Waals surface area contributed by atoms with Crippen LogP contribution in [0, 0.1) is 0 Å². The van der Waals surface area contributed by atoms with E-state index in [2.05, 4.69) is 0 Å². The first kappa shape index (κ1) is 14.8. The summed E-state index contributed by atoms with van der Waals surface area (Å²) in [5.74, 6) is -1.11. The van der Waals surface area contributed by atoms with Gasteiger partial charge in [-0.1, -0.05) is 11.6 Å². The van der Waals surface area contributed by atoms with Crippen LogP contribution >= 0.6 is 22.9 Å². The molecule has 1 aliphatic heterocycles. The second-order valence-corrected chi connectivity index (χ2v) is 6.62. The van der Waals surface area contributed by atoms with Crippen LogP contribution < -0.4 is 0 Å². The van der Waals surface area contributed by atoms with E-state index in [1.165, 1.54) is 11.3 Å². The Kier molecular flexibility index (Phi) is 3.76. The molecule has 6 heteroatoms. The van der Waals surface area contributed by atoms with Crippen LogP contribution in [0.1, 0.15) is 30.5 Å². The smallest absolute Gasteiger partial charge is 0.345 e. The molecular weight excluding hydrogens is 322 g/mol. The standard InChI is InChI=1S/C16H12ClNO3S/c1-18-7-12(15(19)9-2-4-10(17)5-3-9)11-6-13(16(20)21)22-14(11)8-18/h2-7H,8H2,1H3,(H,20,21). The minimum Gasteiger partial charge on any atom is -0.477 e. The summed E-state index contributed by atoms with van der Waals surface area (Å²) < 4.78 is 0. The van der Waals surface area contributed by atoms with E-state index in [9.17, 15) is 9.59 Å². The summed E-state index contributed by atoms with van der Waals surface area (Å²) in [5.41, 5.74) is 1.75. The van der Waals surface area contributed by atoms with E-state index in [1.54, 1.807) is 36.5 Å². The summed E-state index contributed by atoms with van der Waals surface area (Å²) in [6, 6.07) is 8.25. The third-order valence-electron chi connectivity index (χ3n) is 3.40. The fourth-order valence-electron chi connectivity index (χ4n) is 2.38. The van der Waals surface area contributed by atoms with Crippen molar-refractivity contribution in [3.05, 3.63) is 62.4 Å². The number of allylic oxidation sites excluding steroid dienone is 1. The third kappa shape index (κ3) is 2.65. The number of thiophene rings is 1. The number of halogens is 1. The SMILES string of the molecule is CN1C=C(C(=O)c2ccc(Cl)cc2)c2cc(C(=O)O)sc2C1. The molecular formula is C16H12ClNO3S. The predicted octanol–water partition coefficient (Wildman–Crippen LogP) is 3.77. The second kappa shape index (κ2) is 5.59. The Morgan fingerprint density at radius 3 is 2.59 bits per heavy atom. The lowest BCUT2D eigenvalue weighted by molar-refractivity contribution is 0.0702. The molecule has 0 atom stereocenters. The van der Waals surface area contributed by atoms with Gasteiger partial charge >= 0.3 is 5.97 Å². The molecule has 0 amide bonds. The highest BCUT2D eigenvalue weighted by atomic mass is 35.5. The number of benzene rings is 1. The number of hydrogen-bond acceptors (Lipinski definition) is 4. The van der Waals surface area contributed by atoms with E-state index in [0.29, 0.717) is 28.3 Å². The summed E-state index contributed by atoms with van der Waals surface area (Å²) in [6.45, 7) is 0.602. The van der Waals surface area contributed by atoms with Gasteiger partial charge in [-0.15, -0.1) is 11.3 Å². The van der Waals surface area contributed by atoms with Crippen LogP contribution in [0.2, 0.25) is 5.02 Å². The predicted molar refractivity (Wildman–Crippen MR) is 86.5 cm³/mol. The molecule has 0 fully saturated rings. The van der Waals surface area contributed by atoms with Crippen LogP contribution in [0.4, 0.5) is 0 Å². The van der Waals surface area contributed by atoms with Gasteiger partial charge in [-0.3, -0.25) is 4.79 Å². The van der Waals surface area contributed by atoms with Gasteiger partial charge in [0.15, 0.2) is 5.78 Å². The highest BCUT2D eigenvalue weighted by molar-refractivity contribution is 7.14. The van der Waals surface area contributed by atoms with Crippen molar-refractivity contribution in [2.45, 2.75) is 6.54 Å². The molecule has 4 nitrogen and oxygen atoms in total. The number of carbonyl (C=O) groups is 2. The summed E-state index contributed by atoms with van der Waals surface area (Å²) in [7, 11) is 1.86. The quantitative estimate of drug-likeness (QED) is 0.869. The largest absolute Gasteiger partial charge is 0.477 e. The first-order valence-corrected chi connectivity index (χ1v) is 7.74. The van der Waals surface area contributed by atoms with Gasteiger partial charge in [0.1, 0.15) is 4.88 Å². The Labute approximate surface area is 136 Å². The Bertz CT molecular complexity index is 792. The molecule has 2 heterocycles. The molecule has 1 N–H and O–H groups in total. The Hall–Kier alpha value is -2.11. The normalized spacial score (nSPS) is 13.5. The zero-order chi connectivity index (χ0) is 15.9. The number of fused-ring (bicyclic) bond motifs is 1. The van der Waals surface area contributed by atoms with Crippen LogP contribution in [-0.4, -0.2) is 28.8 Å². The number of hydrogen-bond donors (Lipinski definition) is 1. The van der Waals surface area contributed by atoms with Crippen molar-refractivity contribution in [3.63, 3.8) is 0 Å². The van der Waals surface area contributed by atoms with Crippen LogP contribution in [0.15, 0.2) is 36.5 Å².